The van der Waals surface area contributed by atoms with Crippen LogP contribution < -0.4 is 0 Å². The molecule has 20 heavy (non-hydrogen) atoms. The smallest absolute Gasteiger partial charge is 0.356 e. The molecule has 1 aromatic carbocycles. The van der Waals surface area contributed by atoms with Crippen LogP contribution in [0.4, 0.5) is 4.39 Å². The Morgan fingerprint density at radius 3 is 2.10 bits per heavy atom. The van der Waals surface area contributed by atoms with Crippen molar-refractivity contribution in [2.24, 2.45) is 0 Å². The Kier molecular flexibility index (Phi) is 4.87. The highest BCUT2D eigenvalue weighted by Gasteiger charge is 2.50. The van der Waals surface area contributed by atoms with Crippen LogP contribution in [0.1, 0.15) is 26.3 Å². The predicted molar refractivity (Wildman–Crippen MR) is 71.8 cm³/mol. The number of hydrogen-bond donors (Lipinski definition) is 0. The lowest BCUT2D eigenvalue weighted by atomic mass is 9.96. The quantitative estimate of drug-likeness (QED) is 0.629. The van der Waals surface area contributed by atoms with E-state index in [9.17, 15) is 14.0 Å². The second-order valence-corrected chi connectivity index (χ2v) is 5.46. The number of esters is 2. The van der Waals surface area contributed by atoms with Gasteiger partial charge in [0.1, 0.15) is 5.60 Å². The van der Waals surface area contributed by atoms with E-state index in [1.807, 2.05) is 0 Å². The molecule has 0 fully saturated rings. The van der Waals surface area contributed by atoms with Crippen molar-refractivity contribution in [1.29, 1.82) is 0 Å². The van der Waals surface area contributed by atoms with Crippen LogP contribution >= 0.6 is 0 Å². The molecule has 0 aliphatic heterocycles. The lowest BCUT2D eigenvalue weighted by Gasteiger charge is -2.26. The maximum atomic E-state index is 14.8. The number of hydrogen-bond acceptors (Lipinski definition) is 4. The van der Waals surface area contributed by atoms with E-state index in [1.54, 1.807) is 51.1 Å². The van der Waals surface area contributed by atoms with E-state index in [1.165, 1.54) is 0 Å². The van der Waals surface area contributed by atoms with Crippen LogP contribution in [-0.2, 0) is 25.5 Å². The van der Waals surface area contributed by atoms with Gasteiger partial charge in [0, 0.05) is 6.42 Å². The second-order valence-electron chi connectivity index (χ2n) is 5.46. The van der Waals surface area contributed by atoms with Gasteiger partial charge in [0.05, 0.1) is 7.11 Å². The Morgan fingerprint density at radius 2 is 1.65 bits per heavy atom. The summed E-state index contributed by atoms with van der Waals surface area (Å²) in [4.78, 5) is 23.7. The van der Waals surface area contributed by atoms with Gasteiger partial charge in [-0.05, 0) is 26.3 Å². The molecule has 4 nitrogen and oxygen atoms in total. The third-order valence-corrected chi connectivity index (χ3v) is 2.52. The van der Waals surface area contributed by atoms with Gasteiger partial charge in [-0.1, -0.05) is 30.3 Å². The van der Waals surface area contributed by atoms with Gasteiger partial charge < -0.3 is 9.47 Å². The first kappa shape index (κ1) is 16.1. The Balaban J connectivity index is 3.04. The lowest BCUT2D eigenvalue weighted by Crippen LogP contribution is -2.48. The fourth-order valence-electron chi connectivity index (χ4n) is 1.63. The zero-order chi connectivity index (χ0) is 15.4. The Bertz CT molecular complexity index is 478. The van der Waals surface area contributed by atoms with Crippen molar-refractivity contribution in [3.63, 3.8) is 0 Å². The van der Waals surface area contributed by atoms with E-state index >= 15 is 0 Å². The highest BCUT2D eigenvalue weighted by molar-refractivity contribution is 6.03. The van der Waals surface area contributed by atoms with Gasteiger partial charge in [-0.25, -0.2) is 14.0 Å². The Labute approximate surface area is 117 Å². The fraction of sp³-hybridized carbons (Fsp3) is 0.467. The van der Waals surface area contributed by atoms with E-state index in [-0.39, 0.29) is 0 Å². The topological polar surface area (TPSA) is 52.6 Å². The first-order valence-corrected chi connectivity index (χ1v) is 6.24. The maximum Gasteiger partial charge on any atom is 0.356 e. The molecule has 0 aromatic heterocycles. The van der Waals surface area contributed by atoms with Crippen molar-refractivity contribution in [2.45, 2.75) is 38.5 Å². The largest absolute Gasteiger partial charge is 0.466 e. The summed E-state index contributed by atoms with van der Waals surface area (Å²) in [6.45, 7) is 4.81. The molecule has 0 bridgehead atoms. The SMILES string of the molecule is COC(=O)[C@](F)(Cc1ccccc1)C(=O)OC(C)(C)C. The third-order valence-electron chi connectivity index (χ3n) is 2.52. The molecule has 1 atom stereocenters. The van der Waals surface area contributed by atoms with Crippen LogP contribution in [0.3, 0.4) is 0 Å². The highest BCUT2D eigenvalue weighted by atomic mass is 19.1. The van der Waals surface area contributed by atoms with Gasteiger partial charge in [-0.2, -0.15) is 0 Å². The molecule has 0 aliphatic carbocycles. The zero-order valence-corrected chi connectivity index (χ0v) is 12.1. The number of ether oxygens (including phenoxy) is 2. The molecule has 0 amide bonds. The predicted octanol–water partition coefficient (Wildman–Crippen LogP) is 2.45. The average molecular weight is 282 g/mol. The monoisotopic (exact) mass is 282 g/mol. The van der Waals surface area contributed by atoms with E-state index < -0.39 is 29.6 Å². The molecule has 1 aromatic rings. The van der Waals surface area contributed by atoms with Gasteiger partial charge >= 0.3 is 17.6 Å². The van der Waals surface area contributed by atoms with Gasteiger partial charge in [-0.15, -0.1) is 0 Å². The van der Waals surface area contributed by atoms with E-state index in [4.69, 9.17) is 4.74 Å². The molecule has 0 unspecified atom stereocenters. The molecular weight excluding hydrogens is 263 g/mol. The molecule has 5 heteroatoms. The second kappa shape index (κ2) is 6.03. The maximum absolute atomic E-state index is 14.8. The number of methoxy groups -OCH3 is 1. The number of rotatable bonds is 4. The Morgan fingerprint density at radius 1 is 1.10 bits per heavy atom. The summed E-state index contributed by atoms with van der Waals surface area (Å²) in [6, 6.07) is 8.41. The number of benzene rings is 1. The summed E-state index contributed by atoms with van der Waals surface area (Å²) in [5, 5.41) is 0. The van der Waals surface area contributed by atoms with Crippen molar-refractivity contribution in [3.05, 3.63) is 35.9 Å². The van der Waals surface area contributed by atoms with E-state index in [2.05, 4.69) is 4.74 Å². The number of halogens is 1. The first-order valence-electron chi connectivity index (χ1n) is 6.24. The van der Waals surface area contributed by atoms with Gasteiger partial charge in [0.2, 0.25) is 0 Å². The van der Waals surface area contributed by atoms with E-state index in [0.717, 1.165) is 7.11 Å². The van der Waals surface area contributed by atoms with Crippen molar-refractivity contribution in [3.8, 4) is 0 Å². The molecule has 110 valence electrons. The van der Waals surface area contributed by atoms with Gasteiger partial charge in [0.15, 0.2) is 0 Å². The summed E-state index contributed by atoms with van der Waals surface area (Å²) in [6.07, 6.45) is -0.421. The minimum Gasteiger partial charge on any atom is -0.466 e. The third kappa shape index (κ3) is 4.05. The molecule has 0 heterocycles. The Hall–Kier alpha value is -1.91. The van der Waals surface area contributed by atoms with E-state index in [0.29, 0.717) is 5.56 Å². The van der Waals surface area contributed by atoms with Crippen LogP contribution in [0.15, 0.2) is 30.3 Å². The molecule has 0 radical (unpaired) electrons. The summed E-state index contributed by atoms with van der Waals surface area (Å²) < 4.78 is 24.2. The molecule has 0 aliphatic rings. The van der Waals surface area contributed by atoms with Crippen molar-refractivity contribution in [2.75, 3.05) is 7.11 Å². The first-order chi connectivity index (χ1) is 9.19. The van der Waals surface area contributed by atoms with Gasteiger partial charge in [-0.3, -0.25) is 0 Å². The number of carbonyl (C=O) groups is 2. The zero-order valence-electron chi connectivity index (χ0n) is 12.1. The number of alkyl halides is 1. The average Bonchev–Trinajstić information content (AvgIpc) is 2.36. The standard InChI is InChI=1S/C15H19FO4/c1-14(2,3)20-13(18)15(16,12(17)19-4)10-11-8-6-5-7-9-11/h5-9H,10H2,1-4H3/t15-/m1/s1. The molecule has 0 spiro atoms. The van der Waals surface area contributed by atoms with Gasteiger partial charge in [0.25, 0.3) is 0 Å². The minimum atomic E-state index is -2.84. The summed E-state index contributed by atoms with van der Waals surface area (Å²) in [5.74, 6) is -2.49. The summed E-state index contributed by atoms with van der Waals surface area (Å²) in [7, 11) is 1.03. The summed E-state index contributed by atoms with van der Waals surface area (Å²) in [5.41, 5.74) is -3.23. The molecule has 1 rings (SSSR count). The van der Waals surface area contributed by atoms with Crippen molar-refractivity contribution < 1.29 is 23.5 Å². The summed E-state index contributed by atoms with van der Waals surface area (Å²) >= 11 is 0. The minimum absolute atomic E-state index is 0.421. The van der Waals surface area contributed by atoms with Crippen molar-refractivity contribution in [1.82, 2.24) is 0 Å². The lowest BCUT2D eigenvalue weighted by molar-refractivity contribution is -0.180. The van der Waals surface area contributed by atoms with Crippen LogP contribution in [-0.4, -0.2) is 30.3 Å². The van der Waals surface area contributed by atoms with Crippen molar-refractivity contribution >= 4 is 11.9 Å². The van der Waals surface area contributed by atoms with Crippen LogP contribution in [0.25, 0.3) is 0 Å². The van der Waals surface area contributed by atoms with Crippen LogP contribution in [0, 0.1) is 0 Å². The highest BCUT2D eigenvalue weighted by Crippen LogP contribution is 2.24. The fourth-order valence-corrected chi connectivity index (χ4v) is 1.63. The van der Waals surface area contributed by atoms with Crippen LogP contribution in [0.5, 0.6) is 0 Å². The molecular formula is C15H19FO4. The number of carbonyl (C=O) groups excluding carboxylic acids is 2. The molecule has 0 N–H and O–H groups in total. The molecule has 0 saturated carbocycles. The normalized spacial score (nSPS) is 14.2. The van der Waals surface area contributed by atoms with Crippen LogP contribution in [0.2, 0.25) is 0 Å². The molecule has 0 saturated heterocycles.